The highest BCUT2D eigenvalue weighted by molar-refractivity contribution is 9.60. The van der Waals surface area contributed by atoms with E-state index < -0.39 is 44.5 Å². The fraction of sp³-hybridized carbons (Fsp3) is 0.0638. The quantitative estimate of drug-likeness (QED) is 0.107. The number of fused-ring (bicyclic) bond motifs is 4. The van der Waals surface area contributed by atoms with Crippen LogP contribution in [0.3, 0.4) is 0 Å². The molecule has 1 atom stereocenters. The van der Waals surface area contributed by atoms with Gasteiger partial charge in [-0.15, -0.1) is 0 Å². The molecule has 26 heteroatoms. The molecule has 5 heterocycles. The van der Waals surface area contributed by atoms with Crippen molar-refractivity contribution in [3.63, 3.8) is 0 Å². The van der Waals surface area contributed by atoms with Gasteiger partial charge in [0.25, 0.3) is 44.5 Å². The fourth-order valence-electron chi connectivity index (χ4n) is 7.24. The first-order chi connectivity index (χ1) is 34.8. The van der Waals surface area contributed by atoms with Crippen molar-refractivity contribution in [2.45, 2.75) is 33.4 Å². The largest absolute Gasteiger partial charge is 0.288 e. The van der Waals surface area contributed by atoms with Gasteiger partial charge in [0.2, 0.25) is 0 Å². The van der Waals surface area contributed by atoms with Crippen molar-refractivity contribution in [2.75, 3.05) is 0 Å². The summed E-state index contributed by atoms with van der Waals surface area (Å²) in [4.78, 5) is 107. The van der Waals surface area contributed by atoms with Gasteiger partial charge >= 0.3 is 0 Å². The van der Waals surface area contributed by atoms with Crippen LogP contribution in [-0.2, 0) is 7.05 Å². The molecule has 1 aliphatic heterocycles. The summed E-state index contributed by atoms with van der Waals surface area (Å²) in [5.74, 6) is 0. The number of hydrogen-bond donors (Lipinski definition) is 1. The van der Waals surface area contributed by atoms with Gasteiger partial charge in [-0.05, 0) is 142 Å². The molecule has 1 saturated heterocycles. The molecule has 1 fully saturated rings. The van der Waals surface area contributed by atoms with Crippen LogP contribution >= 0.6 is 142 Å². The van der Waals surface area contributed by atoms with Crippen LogP contribution in [0, 0.1) is 13.8 Å². The molecule has 372 valence electrons. The van der Waals surface area contributed by atoms with E-state index >= 15 is 0 Å². The van der Waals surface area contributed by atoms with Gasteiger partial charge in [0, 0.05) is 105 Å². The van der Waals surface area contributed by atoms with E-state index in [4.69, 9.17) is 0 Å². The number of rotatable bonds is 9. The summed E-state index contributed by atoms with van der Waals surface area (Å²) in [6.45, 7) is 4.09. The fourth-order valence-corrected chi connectivity index (χ4v) is 34.8. The van der Waals surface area contributed by atoms with Crippen molar-refractivity contribution in [3.8, 4) is 11.4 Å². The van der Waals surface area contributed by atoms with Crippen LogP contribution in [-0.4, -0.2) is 18.7 Å². The van der Waals surface area contributed by atoms with Crippen molar-refractivity contribution in [1.29, 1.82) is 0 Å². The smallest absolute Gasteiger partial charge is 0.266 e. The van der Waals surface area contributed by atoms with Crippen LogP contribution in [0.5, 0.6) is 0 Å². The van der Waals surface area contributed by atoms with Crippen LogP contribution in [0.1, 0.15) is 11.1 Å². The van der Waals surface area contributed by atoms with Crippen LogP contribution in [0.25, 0.3) is 54.5 Å². The maximum absolute atomic E-state index is 13.0. The molecule has 0 radical (unpaired) electrons. The lowest BCUT2D eigenvalue weighted by Crippen LogP contribution is -2.23. The number of hydrogen-bond acceptors (Lipinski definition) is 21. The number of nitrogens with zero attached hydrogens (tertiary/aromatic N) is 3. The molecule has 0 saturated carbocycles. The Labute approximate surface area is 465 Å². The zero-order valence-corrected chi connectivity index (χ0v) is 49.7. The first-order valence-electron chi connectivity index (χ1n) is 20.6. The Bertz CT molecular complexity index is 3900. The second-order valence-corrected chi connectivity index (χ2v) is 35.8. The summed E-state index contributed by atoms with van der Waals surface area (Å²) >= 11 is 0. The van der Waals surface area contributed by atoms with E-state index in [1.54, 1.807) is 77.3 Å². The highest BCUT2D eigenvalue weighted by Crippen LogP contribution is 2.65. The lowest BCUT2D eigenvalue weighted by Gasteiger charge is -2.04. The van der Waals surface area contributed by atoms with Gasteiger partial charge in [0.15, 0.2) is 0 Å². The molecule has 12 nitrogen and oxygen atoms in total. The first-order valence-corrected chi connectivity index (χ1v) is 36.9. The van der Waals surface area contributed by atoms with E-state index in [0.29, 0.717) is 11.4 Å². The number of aromatic nitrogens is 4. The third-order valence-corrected chi connectivity index (χ3v) is 34.8. The van der Waals surface area contributed by atoms with E-state index in [9.17, 15) is 38.4 Å². The van der Waals surface area contributed by atoms with E-state index in [-0.39, 0.29) is 53.0 Å². The number of nitrogens with one attached hydrogen (secondary N) is 1. The minimum atomic E-state index is -0.561. The minimum Gasteiger partial charge on any atom is -0.288 e. The van der Waals surface area contributed by atoms with E-state index in [0.717, 1.165) is 33.3 Å². The van der Waals surface area contributed by atoms with Crippen LogP contribution in [0.4, 0.5) is 0 Å². The van der Waals surface area contributed by atoms with Crippen molar-refractivity contribution >= 4 is 185 Å². The summed E-state index contributed by atoms with van der Waals surface area (Å²) in [7, 11) is 24.1. The molecule has 0 amide bonds. The van der Waals surface area contributed by atoms with Gasteiger partial charge in [-0.1, -0.05) is 57.0 Å². The predicted octanol–water partition coefficient (Wildman–Crippen LogP) is 13.0. The molecule has 0 bridgehead atoms. The van der Waals surface area contributed by atoms with Gasteiger partial charge in [-0.25, -0.2) is 9.13 Å². The molecular weight excluding hydrogens is 1200 g/mol. The lowest BCUT2D eigenvalue weighted by molar-refractivity contribution is 0.856. The third kappa shape index (κ3) is 12.7. The maximum atomic E-state index is 13.0. The average molecular weight is 1230 g/mol. The molecule has 11 rings (SSSR count). The molecule has 1 unspecified atom stereocenters. The molecule has 10 aromatic rings. The third-order valence-electron chi connectivity index (χ3n) is 10.8. The van der Waals surface area contributed by atoms with Gasteiger partial charge in [0.05, 0.1) is 54.5 Å². The Morgan fingerprint density at radius 3 is 0.932 bits per heavy atom. The summed E-state index contributed by atoms with van der Waals surface area (Å²) in [5.41, 5.74) is -0.793. The van der Waals surface area contributed by atoms with Crippen molar-refractivity contribution < 1.29 is 0 Å². The zero-order chi connectivity index (χ0) is 50.6. The lowest BCUT2D eigenvalue weighted by atomic mass is 10.1. The van der Waals surface area contributed by atoms with Crippen LogP contribution in [0.15, 0.2) is 179 Å². The van der Waals surface area contributed by atoms with Crippen molar-refractivity contribution in [1.82, 2.24) is 18.7 Å². The topological polar surface area (TPSA) is 167 Å². The normalized spacial score (nSPS) is 12.8. The summed E-state index contributed by atoms with van der Waals surface area (Å²) in [5, 5.41) is 1.07. The van der Waals surface area contributed by atoms with Crippen molar-refractivity contribution in [3.05, 3.63) is 215 Å². The molecule has 0 aliphatic carbocycles. The Morgan fingerprint density at radius 2 is 0.616 bits per heavy atom. The Hall–Kier alpha value is -3.14. The van der Waals surface area contributed by atoms with E-state index in [1.165, 1.54) is 42.4 Å². The standard InChI is InChI=1S/C24H16N2O4S3.C23H14N2O4S2.H3P.S8/c1-13-3-7-15(8-4-13)31-33-32-16-9-5-14(6-10-16)26-23(29)19-11-17-18(12-20(19)24(26)30)22(28)25(2)21(17)27;1-12-2-6-14(7-3-12)30-31-15-8-4-13(5-9-15)25-22(28)18-10-16-17(11-19(18)23(25)29)21(27)24-20(16)26;;1-2-4-6-8-7-5-3-1/h3-12H,1-2H3;2-11H,1H3,(H,24,26,27);1H3;. The SMILES string of the molecule is Cc1ccc(SSSc2ccc(-n3c(=O)c4cc5c(=O)n(C)c(=O)c5cc4c3=O)cc2)cc1.Cc1ccc(SSc2ccc(-n3c(=O)c4cc5c(=O)[nH]c(=O)c5cc4c3=O)cc2)cc1.P.S1SSSSSSS1. The minimum absolute atomic E-state index is 0. The molecule has 6 aromatic carbocycles. The zero-order valence-electron chi connectivity index (χ0n) is 37.7. The molecule has 4 aromatic heterocycles. The number of benzene rings is 6. The highest BCUT2D eigenvalue weighted by Gasteiger charge is 2.20. The van der Waals surface area contributed by atoms with Gasteiger partial charge in [-0.2, -0.15) is 9.90 Å². The van der Waals surface area contributed by atoms with Crippen LogP contribution in [0.2, 0.25) is 0 Å². The highest BCUT2D eigenvalue weighted by atomic mass is 34.1. The Kier molecular flexibility index (Phi) is 19.5. The first kappa shape index (κ1) is 56.1. The summed E-state index contributed by atoms with van der Waals surface area (Å²) in [6.07, 6.45) is 0. The number of H-pyrrole nitrogens is 1. The summed E-state index contributed by atoms with van der Waals surface area (Å²) in [6, 6.07) is 36.2. The van der Waals surface area contributed by atoms with Crippen LogP contribution < -0.4 is 44.5 Å². The van der Waals surface area contributed by atoms with E-state index in [1.807, 2.05) is 110 Å². The summed E-state index contributed by atoms with van der Waals surface area (Å²) < 4.78 is 3.14. The van der Waals surface area contributed by atoms with E-state index in [2.05, 4.69) is 60.4 Å². The monoisotopic (exact) mass is 1230 g/mol. The van der Waals surface area contributed by atoms with Gasteiger partial charge in [-0.3, -0.25) is 47.9 Å². The van der Waals surface area contributed by atoms with Gasteiger partial charge in [0.1, 0.15) is 0 Å². The molecule has 1 aliphatic rings. The molecule has 73 heavy (non-hydrogen) atoms. The number of aromatic amines is 1. The number of aryl methyl sites for hydroxylation is 2. The molecule has 0 spiro atoms. The second-order valence-electron chi connectivity index (χ2n) is 15.3. The maximum Gasteiger partial charge on any atom is 0.266 e. The van der Waals surface area contributed by atoms with Crippen molar-refractivity contribution in [2.24, 2.45) is 7.05 Å². The predicted molar refractivity (Wildman–Crippen MR) is 335 cm³/mol. The van der Waals surface area contributed by atoms with Gasteiger partial charge < -0.3 is 0 Å². The molecular formula is C47H33N4O8PS13. The Balaban J connectivity index is 0.000000167. The Morgan fingerprint density at radius 1 is 0.356 bits per heavy atom. The average Bonchev–Trinajstić information content (AvgIpc) is 3.97. The molecule has 1 N–H and O–H groups in total. The second kappa shape index (κ2) is 25.3.